The highest BCUT2D eigenvalue weighted by Gasteiger charge is 2.15. The molecule has 1 rings (SSSR count). The highest BCUT2D eigenvalue weighted by molar-refractivity contribution is 7.09. The molecular weight excluding hydrogens is 204 g/mol. The average molecular weight is 214 g/mol. The Balaban J connectivity index is 2.53. The summed E-state index contributed by atoms with van der Waals surface area (Å²) >= 11 is 1.39. The first-order valence-corrected chi connectivity index (χ1v) is 4.91. The molecule has 0 spiro atoms. The maximum atomic E-state index is 11.1. The number of esters is 1. The number of carbonyl (C=O) groups excluding carboxylic acids is 2. The number of anilines is 1. The Morgan fingerprint density at radius 2 is 2.36 bits per heavy atom. The first-order valence-electron chi connectivity index (χ1n) is 4.03. The van der Waals surface area contributed by atoms with Crippen molar-refractivity contribution in [2.24, 2.45) is 0 Å². The lowest BCUT2D eigenvalue weighted by Crippen LogP contribution is -2.25. The van der Waals surface area contributed by atoms with Gasteiger partial charge in [-0.3, -0.25) is 4.79 Å². The SMILES string of the molecule is CCOC(=O)C(=O)Nc1csc(C)n1. The number of nitrogens with one attached hydrogen (secondary N) is 1. The minimum atomic E-state index is -0.891. The molecule has 1 heterocycles. The number of hydrogen-bond acceptors (Lipinski definition) is 5. The third kappa shape index (κ3) is 2.81. The molecule has 0 aromatic carbocycles. The van der Waals surface area contributed by atoms with Crippen molar-refractivity contribution in [3.63, 3.8) is 0 Å². The lowest BCUT2D eigenvalue weighted by molar-refractivity contribution is -0.152. The summed E-state index contributed by atoms with van der Waals surface area (Å²) < 4.78 is 4.51. The smallest absolute Gasteiger partial charge is 0.397 e. The third-order valence-corrected chi connectivity index (χ3v) is 2.09. The predicted octanol–water partition coefficient (Wildman–Crippen LogP) is 0.953. The summed E-state index contributed by atoms with van der Waals surface area (Å²) in [6.45, 7) is 3.63. The number of rotatable bonds is 2. The molecule has 1 N–H and O–H groups in total. The van der Waals surface area contributed by atoms with Gasteiger partial charge in [0.2, 0.25) is 0 Å². The standard InChI is InChI=1S/C8H10N2O3S/c1-3-13-8(12)7(11)10-6-4-14-5(2)9-6/h4H,3H2,1-2H3,(H,10,11). The van der Waals surface area contributed by atoms with Crippen molar-refractivity contribution in [3.05, 3.63) is 10.4 Å². The molecule has 0 saturated carbocycles. The van der Waals surface area contributed by atoms with Crippen LogP contribution in [0.25, 0.3) is 0 Å². The van der Waals surface area contributed by atoms with Crippen LogP contribution in [0, 0.1) is 6.92 Å². The minimum Gasteiger partial charge on any atom is -0.459 e. The molecule has 0 radical (unpaired) electrons. The number of aryl methyl sites for hydroxylation is 1. The Bertz CT molecular complexity index is 348. The van der Waals surface area contributed by atoms with Crippen molar-refractivity contribution >= 4 is 29.0 Å². The molecule has 76 valence electrons. The van der Waals surface area contributed by atoms with Gasteiger partial charge >= 0.3 is 11.9 Å². The lowest BCUT2D eigenvalue weighted by atomic mass is 10.6. The fourth-order valence-corrected chi connectivity index (χ4v) is 1.33. The zero-order valence-electron chi connectivity index (χ0n) is 7.86. The molecule has 1 aromatic heterocycles. The molecule has 0 aliphatic rings. The summed E-state index contributed by atoms with van der Waals surface area (Å²) in [5.41, 5.74) is 0. The van der Waals surface area contributed by atoms with Crippen molar-refractivity contribution in [2.75, 3.05) is 11.9 Å². The van der Waals surface area contributed by atoms with Gasteiger partial charge in [-0.05, 0) is 13.8 Å². The van der Waals surface area contributed by atoms with Crippen molar-refractivity contribution < 1.29 is 14.3 Å². The van der Waals surface area contributed by atoms with Gasteiger partial charge in [0.25, 0.3) is 0 Å². The van der Waals surface area contributed by atoms with Crippen LogP contribution in [-0.4, -0.2) is 23.5 Å². The van der Waals surface area contributed by atoms with E-state index in [1.54, 1.807) is 12.3 Å². The molecule has 6 heteroatoms. The highest BCUT2D eigenvalue weighted by atomic mass is 32.1. The van der Waals surface area contributed by atoms with Crippen molar-refractivity contribution in [1.29, 1.82) is 0 Å². The maximum absolute atomic E-state index is 11.1. The first-order chi connectivity index (χ1) is 6.63. The van der Waals surface area contributed by atoms with E-state index >= 15 is 0 Å². The van der Waals surface area contributed by atoms with Crippen LogP contribution in [0.1, 0.15) is 11.9 Å². The number of amides is 1. The second-order valence-corrected chi connectivity index (χ2v) is 3.49. The quantitative estimate of drug-likeness (QED) is 0.588. The number of ether oxygens (including phenoxy) is 1. The summed E-state index contributed by atoms with van der Waals surface area (Å²) in [5, 5.41) is 4.82. The molecule has 0 aliphatic heterocycles. The summed E-state index contributed by atoms with van der Waals surface area (Å²) in [6.07, 6.45) is 0. The van der Waals surface area contributed by atoms with Gasteiger partial charge in [0.05, 0.1) is 11.6 Å². The molecule has 1 amide bonds. The van der Waals surface area contributed by atoms with Crippen molar-refractivity contribution in [2.45, 2.75) is 13.8 Å². The molecule has 5 nitrogen and oxygen atoms in total. The van der Waals surface area contributed by atoms with E-state index in [1.165, 1.54) is 11.3 Å². The van der Waals surface area contributed by atoms with Gasteiger partial charge < -0.3 is 10.1 Å². The molecule has 14 heavy (non-hydrogen) atoms. The summed E-state index contributed by atoms with van der Waals surface area (Å²) in [6, 6.07) is 0. The fraction of sp³-hybridized carbons (Fsp3) is 0.375. The van der Waals surface area contributed by atoms with Gasteiger partial charge in [-0.1, -0.05) is 0 Å². The van der Waals surface area contributed by atoms with Crippen molar-refractivity contribution in [1.82, 2.24) is 4.98 Å². The van der Waals surface area contributed by atoms with Gasteiger partial charge in [0.15, 0.2) is 0 Å². The monoisotopic (exact) mass is 214 g/mol. The Morgan fingerprint density at radius 3 is 2.86 bits per heavy atom. The van der Waals surface area contributed by atoms with E-state index in [2.05, 4.69) is 15.0 Å². The van der Waals surface area contributed by atoms with Crippen LogP contribution in [0.4, 0.5) is 5.82 Å². The van der Waals surface area contributed by atoms with E-state index in [1.807, 2.05) is 6.92 Å². The van der Waals surface area contributed by atoms with E-state index in [-0.39, 0.29) is 6.61 Å². The largest absolute Gasteiger partial charge is 0.459 e. The zero-order chi connectivity index (χ0) is 10.6. The number of thiazole rings is 1. The summed E-state index contributed by atoms with van der Waals surface area (Å²) in [4.78, 5) is 26.0. The van der Waals surface area contributed by atoms with Crippen LogP contribution in [0.2, 0.25) is 0 Å². The predicted molar refractivity (Wildman–Crippen MR) is 52.1 cm³/mol. The van der Waals surface area contributed by atoms with Crippen molar-refractivity contribution in [3.8, 4) is 0 Å². The average Bonchev–Trinajstić information content (AvgIpc) is 2.51. The fourth-order valence-electron chi connectivity index (χ4n) is 0.785. The Morgan fingerprint density at radius 1 is 1.64 bits per heavy atom. The van der Waals surface area contributed by atoms with Crippen LogP contribution in [-0.2, 0) is 14.3 Å². The van der Waals surface area contributed by atoms with Gasteiger partial charge in [-0.15, -0.1) is 11.3 Å². The van der Waals surface area contributed by atoms with Gasteiger partial charge in [0, 0.05) is 5.38 Å². The van der Waals surface area contributed by atoms with E-state index in [4.69, 9.17) is 0 Å². The van der Waals surface area contributed by atoms with Crippen LogP contribution < -0.4 is 5.32 Å². The first kappa shape index (κ1) is 10.6. The molecule has 1 aromatic rings. The lowest BCUT2D eigenvalue weighted by Gasteiger charge is -2.00. The van der Waals surface area contributed by atoms with Crippen LogP contribution in [0.3, 0.4) is 0 Å². The van der Waals surface area contributed by atoms with Crippen LogP contribution in [0.5, 0.6) is 0 Å². The maximum Gasteiger partial charge on any atom is 0.397 e. The van der Waals surface area contributed by atoms with E-state index in [9.17, 15) is 9.59 Å². The second kappa shape index (κ2) is 4.71. The normalized spacial score (nSPS) is 9.57. The Kier molecular flexibility index (Phi) is 3.58. The topological polar surface area (TPSA) is 68.3 Å². The van der Waals surface area contributed by atoms with Gasteiger partial charge in [-0.25, -0.2) is 9.78 Å². The number of aromatic nitrogens is 1. The van der Waals surface area contributed by atoms with Crippen LogP contribution in [0.15, 0.2) is 5.38 Å². The Hall–Kier alpha value is -1.43. The Labute approximate surface area is 85.1 Å². The number of nitrogens with zero attached hydrogens (tertiary/aromatic N) is 1. The zero-order valence-corrected chi connectivity index (χ0v) is 8.68. The molecule has 0 atom stereocenters. The van der Waals surface area contributed by atoms with E-state index in [0.29, 0.717) is 5.82 Å². The van der Waals surface area contributed by atoms with E-state index in [0.717, 1.165) is 5.01 Å². The van der Waals surface area contributed by atoms with Crippen LogP contribution >= 0.6 is 11.3 Å². The molecular formula is C8H10N2O3S. The summed E-state index contributed by atoms with van der Waals surface area (Å²) in [7, 11) is 0. The van der Waals surface area contributed by atoms with Gasteiger partial charge in [0.1, 0.15) is 5.82 Å². The van der Waals surface area contributed by atoms with Gasteiger partial charge in [-0.2, -0.15) is 0 Å². The molecule has 0 fully saturated rings. The second-order valence-electron chi connectivity index (χ2n) is 2.43. The highest BCUT2D eigenvalue weighted by Crippen LogP contribution is 2.12. The molecule has 0 saturated heterocycles. The molecule has 0 aliphatic carbocycles. The molecule has 0 bridgehead atoms. The number of carbonyl (C=O) groups is 2. The number of hydrogen-bond donors (Lipinski definition) is 1. The third-order valence-electron chi connectivity index (χ3n) is 1.32. The minimum absolute atomic E-state index is 0.183. The molecule has 0 unspecified atom stereocenters. The van der Waals surface area contributed by atoms with E-state index < -0.39 is 11.9 Å². The summed E-state index contributed by atoms with van der Waals surface area (Å²) in [5.74, 6) is -1.30.